The van der Waals surface area contributed by atoms with Crippen LogP contribution in [0.5, 0.6) is 17.2 Å². The molecule has 32 heavy (non-hydrogen) atoms. The average Bonchev–Trinajstić information content (AvgIpc) is 2.81. The van der Waals surface area contributed by atoms with Crippen LogP contribution >= 0.6 is 0 Å². The summed E-state index contributed by atoms with van der Waals surface area (Å²) in [5.41, 5.74) is 2.56. The maximum absolute atomic E-state index is 12.5. The molecule has 0 aromatic heterocycles. The van der Waals surface area contributed by atoms with Crippen LogP contribution < -0.4 is 9.47 Å². The van der Waals surface area contributed by atoms with Crippen molar-refractivity contribution in [2.24, 2.45) is 0 Å². The molecule has 0 aliphatic heterocycles. The molecule has 0 fully saturated rings. The number of unbranched alkanes of at least 4 members (excludes halogenated alkanes) is 1. The van der Waals surface area contributed by atoms with Crippen LogP contribution in [0.1, 0.15) is 48.2 Å². The SMILES string of the molecule is C#CCN(CC#C)C(=O)c1ccc(OCCCCOc2c(CC)cc(O)cc2CC)cc1. The molecule has 2 rings (SSSR count). The lowest BCUT2D eigenvalue weighted by Crippen LogP contribution is -2.31. The molecule has 2 aromatic carbocycles. The quantitative estimate of drug-likeness (QED) is 0.397. The van der Waals surface area contributed by atoms with Gasteiger partial charge in [0.2, 0.25) is 0 Å². The Bertz CT molecular complexity index is 926. The molecule has 0 spiro atoms. The van der Waals surface area contributed by atoms with E-state index < -0.39 is 0 Å². The van der Waals surface area contributed by atoms with E-state index in [1.807, 2.05) is 0 Å². The Balaban J connectivity index is 1.79. The second kappa shape index (κ2) is 13.0. The molecule has 1 N–H and O–H groups in total. The summed E-state index contributed by atoms with van der Waals surface area (Å²) in [6, 6.07) is 10.5. The maximum Gasteiger partial charge on any atom is 0.255 e. The van der Waals surface area contributed by atoms with E-state index in [9.17, 15) is 9.90 Å². The van der Waals surface area contributed by atoms with Gasteiger partial charge >= 0.3 is 0 Å². The lowest BCUT2D eigenvalue weighted by atomic mass is 10.0. The Hall–Kier alpha value is -3.57. The number of hydrogen-bond acceptors (Lipinski definition) is 4. The van der Waals surface area contributed by atoms with Gasteiger partial charge in [-0.05, 0) is 73.2 Å². The van der Waals surface area contributed by atoms with Crippen molar-refractivity contribution < 1.29 is 19.4 Å². The second-order valence-corrected chi connectivity index (χ2v) is 7.30. The molecule has 0 bridgehead atoms. The van der Waals surface area contributed by atoms with Crippen molar-refractivity contribution in [1.82, 2.24) is 4.90 Å². The van der Waals surface area contributed by atoms with E-state index in [4.69, 9.17) is 22.3 Å². The molecule has 0 atom stereocenters. The number of carbonyl (C=O) groups is 1. The van der Waals surface area contributed by atoms with Gasteiger partial charge in [-0.1, -0.05) is 25.7 Å². The minimum atomic E-state index is -0.197. The number of hydrogen-bond donors (Lipinski definition) is 1. The summed E-state index contributed by atoms with van der Waals surface area (Å²) in [7, 11) is 0. The van der Waals surface area contributed by atoms with Gasteiger partial charge in [0.1, 0.15) is 17.2 Å². The number of rotatable bonds is 12. The van der Waals surface area contributed by atoms with Crippen molar-refractivity contribution in [2.75, 3.05) is 26.3 Å². The molecule has 0 radical (unpaired) electrons. The van der Waals surface area contributed by atoms with Gasteiger partial charge in [-0.25, -0.2) is 0 Å². The van der Waals surface area contributed by atoms with Gasteiger partial charge in [0.15, 0.2) is 0 Å². The monoisotopic (exact) mass is 433 g/mol. The summed E-state index contributed by atoms with van der Waals surface area (Å²) in [4.78, 5) is 13.9. The first-order valence-electron chi connectivity index (χ1n) is 10.9. The first-order chi connectivity index (χ1) is 15.5. The predicted molar refractivity (Wildman–Crippen MR) is 127 cm³/mol. The Morgan fingerprint density at radius 1 is 0.938 bits per heavy atom. The molecule has 0 aliphatic rings. The highest BCUT2D eigenvalue weighted by Crippen LogP contribution is 2.30. The number of aromatic hydroxyl groups is 1. The molecule has 0 saturated heterocycles. The van der Waals surface area contributed by atoms with E-state index in [1.54, 1.807) is 36.4 Å². The Kier molecular flexibility index (Phi) is 10.0. The fraction of sp³-hybridized carbons (Fsp3) is 0.370. The highest BCUT2D eigenvalue weighted by molar-refractivity contribution is 5.94. The Morgan fingerprint density at radius 2 is 1.47 bits per heavy atom. The molecular weight excluding hydrogens is 402 g/mol. The zero-order chi connectivity index (χ0) is 23.3. The van der Waals surface area contributed by atoms with Crippen molar-refractivity contribution in [1.29, 1.82) is 0 Å². The molecule has 0 unspecified atom stereocenters. The van der Waals surface area contributed by atoms with Gasteiger partial charge in [0, 0.05) is 5.56 Å². The molecule has 0 heterocycles. The highest BCUT2D eigenvalue weighted by Gasteiger charge is 2.14. The fourth-order valence-corrected chi connectivity index (χ4v) is 3.31. The summed E-state index contributed by atoms with van der Waals surface area (Å²) >= 11 is 0. The Labute approximate surface area is 191 Å². The van der Waals surface area contributed by atoms with Crippen LogP contribution in [0.2, 0.25) is 0 Å². The largest absolute Gasteiger partial charge is 0.508 e. The van der Waals surface area contributed by atoms with E-state index in [0.29, 0.717) is 24.5 Å². The Morgan fingerprint density at radius 3 is 1.97 bits per heavy atom. The van der Waals surface area contributed by atoms with E-state index in [0.717, 1.165) is 42.6 Å². The topological polar surface area (TPSA) is 59.0 Å². The van der Waals surface area contributed by atoms with Crippen molar-refractivity contribution >= 4 is 5.91 Å². The lowest BCUT2D eigenvalue weighted by Gasteiger charge is -2.17. The number of ether oxygens (including phenoxy) is 2. The zero-order valence-corrected chi connectivity index (χ0v) is 18.9. The van der Waals surface area contributed by atoms with Crippen LogP contribution in [0, 0.1) is 24.7 Å². The van der Waals surface area contributed by atoms with Crippen LogP contribution in [-0.2, 0) is 12.8 Å². The van der Waals surface area contributed by atoms with Crippen LogP contribution in [0.3, 0.4) is 0 Å². The van der Waals surface area contributed by atoms with Gasteiger partial charge in [-0.3, -0.25) is 4.79 Å². The van der Waals surface area contributed by atoms with Crippen LogP contribution in [0.4, 0.5) is 0 Å². The lowest BCUT2D eigenvalue weighted by molar-refractivity contribution is 0.0796. The number of carbonyl (C=O) groups excluding carboxylic acids is 1. The van der Waals surface area contributed by atoms with Gasteiger partial charge < -0.3 is 19.5 Å². The minimum absolute atomic E-state index is 0.174. The molecule has 0 saturated carbocycles. The third-order valence-electron chi connectivity index (χ3n) is 5.00. The number of nitrogens with zero attached hydrogens (tertiary/aromatic N) is 1. The number of phenolic OH excluding ortho intramolecular Hbond substituents is 1. The number of benzene rings is 2. The molecule has 0 aliphatic carbocycles. The predicted octanol–water partition coefficient (Wildman–Crippen LogP) is 4.46. The summed E-state index contributed by atoms with van der Waals surface area (Å²) in [6.45, 7) is 5.58. The first-order valence-corrected chi connectivity index (χ1v) is 10.9. The molecule has 2 aromatic rings. The normalized spacial score (nSPS) is 10.1. The third-order valence-corrected chi connectivity index (χ3v) is 5.00. The van der Waals surface area contributed by atoms with Gasteiger partial charge in [0.25, 0.3) is 5.91 Å². The molecule has 5 heteroatoms. The second-order valence-electron chi connectivity index (χ2n) is 7.30. The van der Waals surface area contributed by atoms with Crippen molar-refractivity contribution in [3.63, 3.8) is 0 Å². The standard InChI is InChI=1S/C27H31NO4/c1-5-15-28(16-6-2)27(30)23-11-13-25(14-12-23)31-17-9-10-18-32-26-21(7-3)19-24(29)20-22(26)8-4/h1-2,11-14,19-20,29H,7-10,15-18H2,3-4H3. The van der Waals surface area contributed by atoms with Crippen LogP contribution in [0.25, 0.3) is 0 Å². The van der Waals surface area contributed by atoms with Crippen molar-refractivity contribution in [3.05, 3.63) is 53.1 Å². The summed E-state index contributed by atoms with van der Waals surface area (Å²) in [5, 5.41) is 9.84. The van der Waals surface area contributed by atoms with Crippen LogP contribution in [-0.4, -0.2) is 42.2 Å². The van der Waals surface area contributed by atoms with Gasteiger partial charge in [-0.15, -0.1) is 12.8 Å². The third kappa shape index (κ3) is 7.00. The summed E-state index contributed by atoms with van der Waals surface area (Å²) in [6.07, 6.45) is 13.9. The molecular formula is C27H31NO4. The summed E-state index contributed by atoms with van der Waals surface area (Å²) < 4.78 is 11.8. The average molecular weight is 434 g/mol. The van der Waals surface area contributed by atoms with E-state index in [1.165, 1.54) is 4.90 Å². The molecule has 168 valence electrons. The summed E-state index contributed by atoms with van der Waals surface area (Å²) in [5.74, 6) is 6.57. The fourth-order valence-electron chi connectivity index (χ4n) is 3.31. The van der Waals surface area contributed by atoms with E-state index >= 15 is 0 Å². The number of aryl methyl sites for hydroxylation is 2. The van der Waals surface area contributed by atoms with Crippen LogP contribution in [0.15, 0.2) is 36.4 Å². The number of amides is 1. The number of terminal acetylenes is 2. The van der Waals surface area contributed by atoms with Crippen molar-refractivity contribution in [3.8, 4) is 41.9 Å². The van der Waals surface area contributed by atoms with E-state index in [2.05, 4.69) is 25.7 Å². The number of phenols is 1. The maximum atomic E-state index is 12.5. The molecule has 1 amide bonds. The highest BCUT2D eigenvalue weighted by atomic mass is 16.5. The minimum Gasteiger partial charge on any atom is -0.508 e. The molecule has 5 nitrogen and oxygen atoms in total. The first kappa shape index (κ1) is 24.7. The smallest absolute Gasteiger partial charge is 0.255 e. The van der Waals surface area contributed by atoms with Gasteiger partial charge in [-0.2, -0.15) is 0 Å². The zero-order valence-electron chi connectivity index (χ0n) is 18.9. The van der Waals surface area contributed by atoms with Crippen molar-refractivity contribution in [2.45, 2.75) is 39.5 Å². The van der Waals surface area contributed by atoms with E-state index in [-0.39, 0.29) is 24.7 Å². The van der Waals surface area contributed by atoms with Gasteiger partial charge in [0.05, 0.1) is 26.3 Å².